The second-order valence-corrected chi connectivity index (χ2v) is 21.8. The van der Waals surface area contributed by atoms with Crippen LogP contribution in [0.2, 0.25) is 0 Å². The van der Waals surface area contributed by atoms with Crippen LogP contribution in [0.5, 0.6) is 0 Å². The molecule has 1 aromatic heterocycles. The molecule has 0 fully saturated rings. The molecule has 14 rings (SSSR count). The predicted octanol–water partition coefficient (Wildman–Crippen LogP) is 20.0. The maximum absolute atomic E-state index is 2.46. The van der Waals surface area contributed by atoms with E-state index in [1.807, 2.05) is 11.3 Å². The van der Waals surface area contributed by atoms with E-state index in [1.165, 1.54) is 120 Å². The van der Waals surface area contributed by atoms with E-state index in [2.05, 4.69) is 269 Å². The number of anilines is 3. The molecule has 2 heteroatoms. The highest BCUT2D eigenvalue weighted by atomic mass is 32.1. The van der Waals surface area contributed by atoms with Gasteiger partial charge in [0.2, 0.25) is 0 Å². The Hall–Kier alpha value is -8.30. The summed E-state index contributed by atoms with van der Waals surface area (Å²) < 4.78 is 2.67. The summed E-state index contributed by atoms with van der Waals surface area (Å²) >= 11 is 1.91. The molecule has 2 aliphatic rings. The zero-order valence-electron chi connectivity index (χ0n) is 40.9. The Morgan fingerprint density at radius 2 is 0.792 bits per heavy atom. The van der Waals surface area contributed by atoms with Crippen molar-refractivity contribution in [2.45, 2.75) is 38.5 Å². The Morgan fingerprint density at radius 1 is 0.306 bits per heavy atom. The molecule has 72 heavy (non-hydrogen) atoms. The topological polar surface area (TPSA) is 3.24 Å². The molecule has 2 aliphatic carbocycles. The molecule has 12 aromatic rings. The summed E-state index contributed by atoms with van der Waals surface area (Å²) in [6, 6.07) is 88.4. The minimum atomic E-state index is -0.124. The van der Waals surface area contributed by atoms with Gasteiger partial charge in [-0.2, -0.15) is 0 Å². The molecule has 0 saturated carbocycles. The number of benzene rings is 11. The summed E-state index contributed by atoms with van der Waals surface area (Å²) in [7, 11) is 0. The van der Waals surface area contributed by atoms with E-state index in [0.717, 1.165) is 17.1 Å². The van der Waals surface area contributed by atoms with Crippen molar-refractivity contribution < 1.29 is 0 Å². The Kier molecular flexibility index (Phi) is 9.53. The lowest BCUT2D eigenvalue weighted by molar-refractivity contribution is 0.660. The highest BCUT2D eigenvalue weighted by Crippen LogP contribution is 2.54. The quantitative estimate of drug-likeness (QED) is 0.154. The normalized spacial score (nSPS) is 13.8. The molecule has 0 aliphatic heterocycles. The van der Waals surface area contributed by atoms with E-state index >= 15 is 0 Å². The largest absolute Gasteiger partial charge is 0.310 e. The lowest BCUT2D eigenvalue weighted by atomic mass is 9.78. The fourth-order valence-corrected chi connectivity index (χ4v) is 14.0. The van der Waals surface area contributed by atoms with E-state index in [-0.39, 0.29) is 10.8 Å². The molecular weight excluding hydrogens is 887 g/mol. The number of thiophene rings is 1. The Labute approximate surface area is 426 Å². The summed E-state index contributed by atoms with van der Waals surface area (Å²) in [5, 5.41) is 5.23. The number of para-hydroxylation sites is 1. The van der Waals surface area contributed by atoms with Crippen molar-refractivity contribution in [2.75, 3.05) is 4.90 Å². The van der Waals surface area contributed by atoms with Gasteiger partial charge in [0, 0.05) is 47.9 Å². The number of hydrogen-bond donors (Lipinski definition) is 0. The van der Waals surface area contributed by atoms with Crippen LogP contribution >= 0.6 is 11.3 Å². The Morgan fingerprint density at radius 3 is 1.53 bits per heavy atom. The number of nitrogens with zero attached hydrogens (tertiary/aromatic N) is 1. The van der Waals surface area contributed by atoms with Crippen LogP contribution in [0.3, 0.4) is 0 Å². The third-order valence-electron chi connectivity index (χ3n) is 16.1. The van der Waals surface area contributed by atoms with Gasteiger partial charge in [0.1, 0.15) is 0 Å². The standard InChI is InChI=1S/C70H51NS/c1-69(2)62-28-12-9-22-55(62)57-41-36-47(43-64(57)69)51-19-11-14-30-65(51)71(49-39-33-46(34-40-49)53-24-15-27-60-61-42-35-44-17-5-6-20-52(44)68(61)72-67(53)60)48-37-31-45(32-38-48)50-18-7-8-21-54(50)58-25-16-26-59-56-23-10-13-29-63(56)70(3,4)66(58)59/h5-43H,1-4H3. The molecule has 0 amide bonds. The van der Waals surface area contributed by atoms with Crippen LogP contribution in [0.25, 0.3) is 97.7 Å². The molecule has 342 valence electrons. The third kappa shape index (κ3) is 6.38. The van der Waals surface area contributed by atoms with Gasteiger partial charge in [-0.15, -0.1) is 11.3 Å². The van der Waals surface area contributed by atoms with Crippen molar-refractivity contribution in [3.05, 3.63) is 259 Å². The van der Waals surface area contributed by atoms with E-state index in [1.54, 1.807) is 0 Å². The molecule has 0 spiro atoms. The van der Waals surface area contributed by atoms with Gasteiger partial charge in [0.05, 0.1) is 5.69 Å². The smallest absolute Gasteiger partial charge is 0.0540 e. The summed E-state index contributed by atoms with van der Waals surface area (Å²) in [5.74, 6) is 0. The van der Waals surface area contributed by atoms with Gasteiger partial charge < -0.3 is 4.90 Å². The predicted molar refractivity (Wildman–Crippen MR) is 308 cm³/mol. The Balaban J connectivity index is 0.898. The van der Waals surface area contributed by atoms with E-state index in [9.17, 15) is 0 Å². The molecule has 0 unspecified atom stereocenters. The van der Waals surface area contributed by atoms with Crippen molar-refractivity contribution in [2.24, 2.45) is 0 Å². The number of fused-ring (bicyclic) bond motifs is 11. The Bertz CT molecular complexity index is 4150. The van der Waals surface area contributed by atoms with Crippen molar-refractivity contribution in [1.82, 2.24) is 0 Å². The first-order valence-corrected chi connectivity index (χ1v) is 26.1. The van der Waals surface area contributed by atoms with E-state index < -0.39 is 0 Å². The second kappa shape index (κ2) is 16.1. The molecule has 1 nitrogen and oxygen atoms in total. The SMILES string of the molecule is CC1(C)c2ccccc2-c2ccc(-c3ccccc3N(c3ccc(-c4ccccc4-c4cccc5c4C(C)(C)c4ccccc4-5)cc3)c3ccc(-c4cccc5c4sc4c6ccccc6ccc54)cc3)cc21. The van der Waals surface area contributed by atoms with E-state index in [4.69, 9.17) is 0 Å². The van der Waals surface area contributed by atoms with Crippen molar-refractivity contribution in [3.8, 4) is 66.8 Å². The summed E-state index contributed by atoms with van der Waals surface area (Å²) in [6.45, 7) is 9.50. The molecule has 11 aromatic carbocycles. The highest BCUT2D eigenvalue weighted by molar-refractivity contribution is 7.27. The molecule has 0 atom stereocenters. The van der Waals surface area contributed by atoms with Gasteiger partial charge in [0.25, 0.3) is 0 Å². The molecule has 0 radical (unpaired) electrons. The van der Waals surface area contributed by atoms with Crippen LogP contribution in [-0.4, -0.2) is 0 Å². The van der Waals surface area contributed by atoms with Crippen LogP contribution < -0.4 is 4.90 Å². The molecule has 0 N–H and O–H groups in total. The minimum Gasteiger partial charge on any atom is -0.310 e. The summed E-state index contributed by atoms with van der Waals surface area (Å²) in [5.41, 5.74) is 23.8. The molecular formula is C70H51NS. The van der Waals surface area contributed by atoms with Crippen LogP contribution in [0.4, 0.5) is 17.1 Å². The first-order chi connectivity index (χ1) is 35.2. The lowest BCUT2D eigenvalue weighted by Gasteiger charge is -2.29. The summed E-state index contributed by atoms with van der Waals surface area (Å²) in [6.07, 6.45) is 0. The zero-order valence-corrected chi connectivity index (χ0v) is 41.7. The zero-order chi connectivity index (χ0) is 48.3. The van der Waals surface area contributed by atoms with Gasteiger partial charge in [-0.25, -0.2) is 0 Å². The van der Waals surface area contributed by atoms with E-state index in [0.29, 0.717) is 0 Å². The maximum Gasteiger partial charge on any atom is 0.0540 e. The van der Waals surface area contributed by atoms with Gasteiger partial charge in [-0.3, -0.25) is 0 Å². The monoisotopic (exact) mass is 937 g/mol. The second-order valence-electron chi connectivity index (χ2n) is 20.8. The highest BCUT2D eigenvalue weighted by Gasteiger charge is 2.38. The third-order valence-corrected chi connectivity index (χ3v) is 17.4. The van der Waals surface area contributed by atoms with Crippen molar-refractivity contribution in [3.63, 3.8) is 0 Å². The number of hydrogen-bond acceptors (Lipinski definition) is 2. The van der Waals surface area contributed by atoms with Crippen LogP contribution in [-0.2, 0) is 10.8 Å². The summed E-state index contributed by atoms with van der Waals surface area (Å²) in [4.78, 5) is 2.46. The molecule has 0 bridgehead atoms. The first-order valence-electron chi connectivity index (χ1n) is 25.2. The van der Waals surface area contributed by atoms with Crippen molar-refractivity contribution in [1.29, 1.82) is 0 Å². The fraction of sp³-hybridized carbons (Fsp3) is 0.0857. The van der Waals surface area contributed by atoms with Crippen LogP contribution in [0, 0.1) is 0 Å². The van der Waals surface area contributed by atoms with Crippen LogP contribution in [0.15, 0.2) is 237 Å². The van der Waals surface area contributed by atoms with Gasteiger partial charge in [-0.1, -0.05) is 228 Å². The average Bonchev–Trinajstić information content (AvgIpc) is 4.02. The lowest BCUT2D eigenvalue weighted by Crippen LogP contribution is -2.16. The fourth-order valence-electron chi connectivity index (χ4n) is 12.6. The molecule has 1 heterocycles. The first kappa shape index (κ1) is 42.6. The van der Waals surface area contributed by atoms with Gasteiger partial charge >= 0.3 is 0 Å². The minimum absolute atomic E-state index is 0.109. The van der Waals surface area contributed by atoms with Crippen molar-refractivity contribution >= 4 is 59.3 Å². The van der Waals surface area contributed by atoms with Crippen LogP contribution in [0.1, 0.15) is 49.9 Å². The number of rotatable bonds is 7. The maximum atomic E-state index is 2.46. The molecule has 0 saturated heterocycles. The van der Waals surface area contributed by atoms with Gasteiger partial charge in [0.15, 0.2) is 0 Å². The van der Waals surface area contributed by atoms with Gasteiger partial charge in [-0.05, 0) is 131 Å². The average molecular weight is 938 g/mol.